The van der Waals surface area contributed by atoms with E-state index in [9.17, 15) is 8.42 Å². The Balaban J connectivity index is 2.18. The molecule has 1 aromatic rings. The first-order valence-corrected chi connectivity index (χ1v) is 6.96. The van der Waals surface area contributed by atoms with Crippen LogP contribution in [0.15, 0.2) is 17.4 Å². The van der Waals surface area contributed by atoms with Crippen LogP contribution >= 0.6 is 0 Å². The van der Waals surface area contributed by atoms with Gasteiger partial charge in [-0.2, -0.15) is 0 Å². The predicted octanol–water partition coefficient (Wildman–Crippen LogP) is 0.168. The highest BCUT2D eigenvalue weighted by Gasteiger charge is 2.25. The van der Waals surface area contributed by atoms with E-state index in [1.165, 1.54) is 6.20 Å². The summed E-state index contributed by atoms with van der Waals surface area (Å²) in [7, 11) is -3.33. The molecule has 1 atom stereocenters. The van der Waals surface area contributed by atoms with Gasteiger partial charge in [-0.1, -0.05) is 0 Å². The highest BCUT2D eigenvalue weighted by molar-refractivity contribution is 7.91. The smallest absolute Gasteiger partial charge is 0.247 e. The number of rotatable bonds is 3. The fourth-order valence-corrected chi connectivity index (χ4v) is 3.38. The van der Waals surface area contributed by atoms with Crippen molar-refractivity contribution in [3.8, 4) is 0 Å². The summed E-state index contributed by atoms with van der Waals surface area (Å²) in [4.78, 5) is 7.80. The molecule has 88 valence electrons. The van der Waals surface area contributed by atoms with Crippen LogP contribution in [0.3, 0.4) is 0 Å². The number of hydrogen-bond donors (Lipinski definition) is 1. The second-order valence-corrected chi connectivity index (χ2v) is 6.05. The zero-order valence-corrected chi connectivity index (χ0v) is 10.00. The molecule has 0 aliphatic carbocycles. The van der Waals surface area contributed by atoms with Gasteiger partial charge >= 0.3 is 0 Å². The van der Waals surface area contributed by atoms with Crippen molar-refractivity contribution >= 4 is 9.84 Å². The minimum atomic E-state index is -3.33. The molecule has 1 fully saturated rings. The third-order valence-corrected chi connectivity index (χ3v) is 4.33. The van der Waals surface area contributed by atoms with Crippen molar-refractivity contribution in [1.82, 2.24) is 15.3 Å². The Bertz CT molecular complexity index is 467. The van der Waals surface area contributed by atoms with Crippen LogP contribution in [0.4, 0.5) is 0 Å². The molecule has 0 saturated carbocycles. The molecule has 1 aliphatic rings. The molecule has 2 rings (SSSR count). The lowest BCUT2D eigenvalue weighted by atomic mass is 10.2. The number of aromatic nitrogens is 2. The molecule has 1 aromatic heterocycles. The molecule has 0 spiro atoms. The van der Waals surface area contributed by atoms with Crippen molar-refractivity contribution in [3.05, 3.63) is 18.0 Å². The zero-order valence-electron chi connectivity index (χ0n) is 9.18. The molecule has 1 aliphatic heterocycles. The molecule has 0 aromatic carbocycles. The molecule has 1 N–H and O–H groups in total. The van der Waals surface area contributed by atoms with Crippen molar-refractivity contribution in [2.45, 2.75) is 18.5 Å². The molecule has 0 radical (unpaired) electrons. The summed E-state index contributed by atoms with van der Waals surface area (Å²) in [6.45, 7) is 3.43. The molecule has 0 unspecified atom stereocenters. The maximum Gasteiger partial charge on any atom is 0.247 e. The molecule has 6 heteroatoms. The molecular weight excluding hydrogens is 226 g/mol. The highest BCUT2D eigenvalue weighted by atomic mass is 32.2. The number of nitrogens with one attached hydrogen (secondary N) is 1. The molecule has 0 amide bonds. The Morgan fingerprint density at radius 1 is 1.56 bits per heavy atom. The van der Waals surface area contributed by atoms with Gasteiger partial charge in [0.15, 0.2) is 0 Å². The van der Waals surface area contributed by atoms with Gasteiger partial charge < -0.3 is 5.32 Å². The Morgan fingerprint density at radius 3 is 3.00 bits per heavy atom. The van der Waals surface area contributed by atoms with Crippen LogP contribution in [-0.2, 0) is 9.84 Å². The first kappa shape index (κ1) is 11.5. The van der Waals surface area contributed by atoms with Gasteiger partial charge in [-0.25, -0.2) is 18.4 Å². The van der Waals surface area contributed by atoms with Crippen molar-refractivity contribution in [2.75, 3.05) is 18.8 Å². The third kappa shape index (κ3) is 2.56. The van der Waals surface area contributed by atoms with E-state index in [1.807, 2.05) is 0 Å². The standard InChI is InChI=1S/C10H15N3O2S/c1-8-2-5-12-10(13-8)16(14,15)7-9-3-4-11-6-9/h2,5,9,11H,3-4,6-7H2,1H3/t9-/m0/s1. The summed E-state index contributed by atoms with van der Waals surface area (Å²) >= 11 is 0. The van der Waals surface area contributed by atoms with Gasteiger partial charge in [-0.05, 0) is 38.4 Å². The summed E-state index contributed by atoms with van der Waals surface area (Å²) in [5.74, 6) is 0.331. The Hall–Kier alpha value is -1.01. The normalized spacial score (nSPS) is 21.2. The molecule has 16 heavy (non-hydrogen) atoms. The van der Waals surface area contributed by atoms with Crippen molar-refractivity contribution in [2.24, 2.45) is 5.92 Å². The Kier molecular flexibility index (Phi) is 3.20. The molecule has 2 heterocycles. The van der Waals surface area contributed by atoms with Crippen molar-refractivity contribution < 1.29 is 8.42 Å². The van der Waals surface area contributed by atoms with Gasteiger partial charge in [0.05, 0.1) is 5.75 Å². The van der Waals surface area contributed by atoms with Crippen LogP contribution in [0.5, 0.6) is 0 Å². The van der Waals surface area contributed by atoms with Crippen LogP contribution in [0.1, 0.15) is 12.1 Å². The monoisotopic (exact) mass is 241 g/mol. The lowest BCUT2D eigenvalue weighted by Gasteiger charge is -2.08. The van der Waals surface area contributed by atoms with Gasteiger partial charge in [-0.3, -0.25) is 0 Å². The maximum absolute atomic E-state index is 12.0. The largest absolute Gasteiger partial charge is 0.316 e. The van der Waals surface area contributed by atoms with Crippen LogP contribution in [0.25, 0.3) is 0 Å². The van der Waals surface area contributed by atoms with E-state index in [4.69, 9.17) is 0 Å². The van der Waals surface area contributed by atoms with E-state index in [0.29, 0.717) is 5.69 Å². The number of nitrogens with zero attached hydrogens (tertiary/aromatic N) is 2. The van der Waals surface area contributed by atoms with Gasteiger partial charge in [0.2, 0.25) is 15.0 Å². The maximum atomic E-state index is 12.0. The second kappa shape index (κ2) is 4.47. The number of sulfone groups is 1. The predicted molar refractivity (Wildman–Crippen MR) is 59.8 cm³/mol. The van der Waals surface area contributed by atoms with E-state index >= 15 is 0 Å². The van der Waals surface area contributed by atoms with E-state index < -0.39 is 9.84 Å². The molecule has 5 nitrogen and oxygen atoms in total. The summed E-state index contributed by atoms with van der Waals surface area (Å²) in [5, 5.41) is 3.11. The summed E-state index contributed by atoms with van der Waals surface area (Å²) in [5.41, 5.74) is 0.679. The second-order valence-electron chi connectivity index (χ2n) is 4.12. The van der Waals surface area contributed by atoms with Crippen LogP contribution in [0.2, 0.25) is 0 Å². The molecule has 0 bridgehead atoms. The quantitative estimate of drug-likeness (QED) is 0.764. The SMILES string of the molecule is Cc1ccnc(S(=O)(=O)C[C@H]2CCNC2)n1. The zero-order chi connectivity index (χ0) is 11.6. The van der Waals surface area contributed by atoms with E-state index in [2.05, 4.69) is 15.3 Å². The fourth-order valence-electron chi connectivity index (χ4n) is 1.82. The summed E-state index contributed by atoms with van der Waals surface area (Å²) in [6.07, 6.45) is 2.40. The average molecular weight is 241 g/mol. The minimum absolute atomic E-state index is 0.0422. The van der Waals surface area contributed by atoms with Gasteiger partial charge in [0.25, 0.3) is 0 Å². The molecule has 1 saturated heterocycles. The Morgan fingerprint density at radius 2 is 2.38 bits per heavy atom. The minimum Gasteiger partial charge on any atom is -0.316 e. The molecular formula is C10H15N3O2S. The van der Waals surface area contributed by atoms with E-state index in [0.717, 1.165) is 19.5 Å². The summed E-state index contributed by atoms with van der Waals surface area (Å²) < 4.78 is 24.0. The lowest BCUT2D eigenvalue weighted by Crippen LogP contribution is -2.20. The first-order valence-electron chi connectivity index (χ1n) is 5.31. The Labute approximate surface area is 95.2 Å². The van der Waals surface area contributed by atoms with E-state index in [1.54, 1.807) is 13.0 Å². The van der Waals surface area contributed by atoms with Gasteiger partial charge in [-0.15, -0.1) is 0 Å². The van der Waals surface area contributed by atoms with Gasteiger partial charge in [0.1, 0.15) is 0 Å². The average Bonchev–Trinajstić information content (AvgIpc) is 2.70. The van der Waals surface area contributed by atoms with Crippen molar-refractivity contribution in [3.63, 3.8) is 0 Å². The highest BCUT2D eigenvalue weighted by Crippen LogP contribution is 2.14. The van der Waals surface area contributed by atoms with Crippen LogP contribution in [0, 0.1) is 12.8 Å². The van der Waals surface area contributed by atoms with Crippen LogP contribution < -0.4 is 5.32 Å². The van der Waals surface area contributed by atoms with Crippen molar-refractivity contribution in [1.29, 1.82) is 0 Å². The summed E-state index contributed by atoms with van der Waals surface area (Å²) in [6, 6.07) is 1.69. The van der Waals surface area contributed by atoms with E-state index in [-0.39, 0.29) is 16.8 Å². The van der Waals surface area contributed by atoms with Crippen LogP contribution in [-0.4, -0.2) is 37.2 Å². The lowest BCUT2D eigenvalue weighted by molar-refractivity contribution is 0.562. The van der Waals surface area contributed by atoms with Gasteiger partial charge in [0, 0.05) is 11.9 Å². The first-order chi connectivity index (χ1) is 7.58. The number of aryl methyl sites for hydroxylation is 1. The third-order valence-electron chi connectivity index (χ3n) is 2.67. The fraction of sp³-hybridized carbons (Fsp3) is 0.600. The topological polar surface area (TPSA) is 72.0 Å². The number of hydrogen-bond acceptors (Lipinski definition) is 5.